The zero-order valence-corrected chi connectivity index (χ0v) is 14.5. The van der Waals surface area contributed by atoms with Gasteiger partial charge in [-0.1, -0.05) is 23.9 Å². The number of rotatable bonds is 3. The van der Waals surface area contributed by atoms with Crippen LogP contribution in [0.1, 0.15) is 27.7 Å². The molecule has 1 saturated heterocycles. The van der Waals surface area contributed by atoms with E-state index in [0.29, 0.717) is 18.0 Å². The summed E-state index contributed by atoms with van der Waals surface area (Å²) in [6.07, 6.45) is -0.366. The summed E-state index contributed by atoms with van der Waals surface area (Å²) in [5.41, 5.74) is -0.532. The predicted molar refractivity (Wildman–Crippen MR) is 87.4 cm³/mol. The Kier molecular flexibility index (Phi) is 4.80. The number of thioether (sulfide) groups is 1. The zero-order valence-electron chi connectivity index (χ0n) is 13.7. The van der Waals surface area contributed by atoms with E-state index in [4.69, 9.17) is 14.2 Å². The van der Waals surface area contributed by atoms with Gasteiger partial charge in [-0.15, -0.1) is 0 Å². The number of para-hydroxylation sites is 2. The van der Waals surface area contributed by atoms with Crippen molar-refractivity contribution in [3.8, 4) is 11.5 Å². The van der Waals surface area contributed by atoms with Gasteiger partial charge >= 0.3 is 6.09 Å². The highest BCUT2D eigenvalue weighted by Crippen LogP contribution is 2.40. The lowest BCUT2D eigenvalue weighted by atomic mass is 10.2. The molecule has 0 N–H and O–H groups in total. The molecule has 1 fully saturated rings. The summed E-state index contributed by atoms with van der Waals surface area (Å²) < 4.78 is 16.9. The molecule has 1 heterocycles. The van der Waals surface area contributed by atoms with Crippen LogP contribution in [0.5, 0.6) is 11.5 Å². The minimum atomic E-state index is -0.809. The van der Waals surface area contributed by atoms with Crippen LogP contribution < -0.4 is 9.47 Å². The molecule has 122 valence electrons. The summed E-state index contributed by atoms with van der Waals surface area (Å²) in [6.45, 7) is 8.03. The van der Waals surface area contributed by atoms with Crippen LogP contribution in [0.4, 0.5) is 4.79 Å². The Hall–Kier alpha value is -1.56. The van der Waals surface area contributed by atoms with Crippen molar-refractivity contribution < 1.29 is 19.0 Å². The predicted octanol–water partition coefficient (Wildman–Crippen LogP) is 3.73. The van der Waals surface area contributed by atoms with Gasteiger partial charge in [0.05, 0.1) is 7.11 Å². The number of hydrogen-bond donors (Lipinski definition) is 0. The molecular weight excluding hydrogens is 302 g/mol. The van der Waals surface area contributed by atoms with E-state index >= 15 is 0 Å². The Labute approximate surface area is 135 Å². The highest BCUT2D eigenvalue weighted by atomic mass is 32.2. The maximum absolute atomic E-state index is 12.4. The van der Waals surface area contributed by atoms with Crippen LogP contribution in [0, 0.1) is 0 Å². The molecule has 0 aliphatic carbocycles. The Morgan fingerprint density at radius 1 is 1.27 bits per heavy atom. The van der Waals surface area contributed by atoms with Crippen molar-refractivity contribution in [1.82, 2.24) is 4.90 Å². The molecule has 5 nitrogen and oxygen atoms in total. The van der Waals surface area contributed by atoms with Crippen LogP contribution in [0.15, 0.2) is 24.3 Å². The number of benzene rings is 1. The normalized spacial score (nSPS) is 21.6. The van der Waals surface area contributed by atoms with Crippen LogP contribution in [0.3, 0.4) is 0 Å². The van der Waals surface area contributed by atoms with Gasteiger partial charge in [-0.25, -0.2) is 4.79 Å². The molecule has 1 aliphatic heterocycles. The molecule has 1 unspecified atom stereocenters. The molecule has 0 radical (unpaired) electrons. The van der Waals surface area contributed by atoms with Crippen molar-refractivity contribution in [1.29, 1.82) is 0 Å². The number of nitrogens with zero attached hydrogens (tertiary/aromatic N) is 1. The number of methoxy groups -OCH3 is 1. The molecule has 22 heavy (non-hydrogen) atoms. The maximum atomic E-state index is 12.4. The van der Waals surface area contributed by atoms with Crippen molar-refractivity contribution in [3.63, 3.8) is 0 Å². The van der Waals surface area contributed by atoms with Gasteiger partial charge in [-0.05, 0) is 32.9 Å². The second-order valence-corrected chi connectivity index (χ2v) is 7.59. The van der Waals surface area contributed by atoms with Gasteiger partial charge in [0.15, 0.2) is 11.5 Å². The molecule has 0 bridgehead atoms. The second kappa shape index (κ2) is 6.28. The summed E-state index contributed by atoms with van der Waals surface area (Å²) in [5, 5.41) is -0.809. The van der Waals surface area contributed by atoms with Crippen LogP contribution in [0.2, 0.25) is 0 Å². The summed E-state index contributed by atoms with van der Waals surface area (Å²) in [6, 6.07) is 7.41. The lowest BCUT2D eigenvalue weighted by Crippen LogP contribution is -2.49. The van der Waals surface area contributed by atoms with Gasteiger partial charge in [-0.3, -0.25) is 4.90 Å². The monoisotopic (exact) mass is 325 g/mol. The smallest absolute Gasteiger partial charge is 0.414 e. The van der Waals surface area contributed by atoms with Gasteiger partial charge in [0.25, 0.3) is 0 Å². The fraction of sp³-hybridized carbons (Fsp3) is 0.562. The van der Waals surface area contributed by atoms with Crippen LogP contribution in [-0.2, 0) is 4.74 Å². The molecule has 1 atom stereocenters. The van der Waals surface area contributed by atoms with Crippen LogP contribution in [-0.4, -0.2) is 41.1 Å². The van der Waals surface area contributed by atoms with Crippen molar-refractivity contribution >= 4 is 17.9 Å². The first-order chi connectivity index (χ1) is 10.2. The van der Waals surface area contributed by atoms with Crippen molar-refractivity contribution in [2.45, 2.75) is 38.4 Å². The average Bonchev–Trinajstić information content (AvgIpc) is 2.79. The molecule has 1 aromatic rings. The molecule has 6 heteroatoms. The number of amides is 1. The standard InChI is InChI=1S/C16H23NO4S/c1-15(2,3)21-14(18)17-10-11-22-16(17,4)20-13-9-7-6-8-12(13)19-5/h6-9H,10-11H2,1-5H3. The van der Waals surface area contributed by atoms with E-state index in [2.05, 4.69) is 0 Å². The number of hydrogen-bond acceptors (Lipinski definition) is 5. The molecule has 1 aliphatic rings. The maximum Gasteiger partial charge on any atom is 0.414 e. The Bertz CT molecular complexity index is 543. The summed E-state index contributed by atoms with van der Waals surface area (Å²) in [7, 11) is 1.60. The van der Waals surface area contributed by atoms with Crippen molar-refractivity contribution in [3.05, 3.63) is 24.3 Å². The molecule has 1 amide bonds. The Morgan fingerprint density at radius 3 is 2.50 bits per heavy atom. The lowest BCUT2D eigenvalue weighted by Gasteiger charge is -2.35. The van der Waals surface area contributed by atoms with Gasteiger partial charge in [0.1, 0.15) is 5.60 Å². The largest absolute Gasteiger partial charge is 0.493 e. The third kappa shape index (κ3) is 3.80. The number of ether oxygens (including phenoxy) is 3. The fourth-order valence-electron chi connectivity index (χ4n) is 2.17. The molecule has 1 aromatic carbocycles. The first kappa shape index (κ1) is 16.8. The summed E-state index contributed by atoms with van der Waals surface area (Å²) in [4.78, 5) is 14.0. The van der Waals surface area contributed by atoms with Crippen molar-refractivity contribution in [2.75, 3.05) is 19.4 Å². The van der Waals surface area contributed by atoms with E-state index in [1.54, 1.807) is 23.8 Å². The number of carbonyl (C=O) groups excluding carboxylic acids is 1. The summed E-state index contributed by atoms with van der Waals surface area (Å²) in [5.74, 6) is 2.04. The number of carbonyl (C=O) groups is 1. The third-order valence-corrected chi connectivity index (χ3v) is 4.38. The highest BCUT2D eigenvalue weighted by molar-refractivity contribution is 8.00. The third-order valence-electron chi connectivity index (χ3n) is 3.16. The first-order valence-electron chi connectivity index (χ1n) is 7.22. The SMILES string of the molecule is COc1ccccc1OC1(C)SCCN1C(=O)OC(C)(C)C. The highest BCUT2D eigenvalue weighted by Gasteiger charge is 2.45. The lowest BCUT2D eigenvalue weighted by molar-refractivity contribution is -0.0215. The molecular formula is C16H23NO4S. The van der Waals surface area contributed by atoms with Gasteiger partial charge in [0, 0.05) is 19.2 Å². The van der Waals surface area contributed by atoms with Gasteiger partial charge < -0.3 is 14.2 Å². The van der Waals surface area contributed by atoms with Crippen molar-refractivity contribution in [2.24, 2.45) is 0 Å². The molecule has 0 aromatic heterocycles. The van der Waals surface area contributed by atoms with E-state index in [1.165, 1.54) is 0 Å². The molecule has 2 rings (SSSR count). The Morgan fingerprint density at radius 2 is 1.91 bits per heavy atom. The van der Waals surface area contributed by atoms with E-state index in [-0.39, 0.29) is 6.09 Å². The minimum Gasteiger partial charge on any atom is -0.493 e. The second-order valence-electron chi connectivity index (χ2n) is 6.13. The van der Waals surface area contributed by atoms with E-state index in [1.807, 2.05) is 52.0 Å². The molecule has 0 saturated carbocycles. The first-order valence-corrected chi connectivity index (χ1v) is 8.20. The minimum absolute atomic E-state index is 0.366. The zero-order chi connectivity index (χ0) is 16.4. The quantitative estimate of drug-likeness (QED) is 0.847. The fourth-order valence-corrected chi connectivity index (χ4v) is 3.30. The van der Waals surface area contributed by atoms with E-state index in [9.17, 15) is 4.79 Å². The molecule has 0 spiro atoms. The van der Waals surface area contributed by atoms with E-state index in [0.717, 1.165) is 5.75 Å². The van der Waals surface area contributed by atoms with E-state index < -0.39 is 10.7 Å². The average molecular weight is 325 g/mol. The topological polar surface area (TPSA) is 48.0 Å². The van der Waals surface area contributed by atoms with Gasteiger partial charge in [-0.2, -0.15) is 0 Å². The van der Waals surface area contributed by atoms with Gasteiger partial charge in [0.2, 0.25) is 5.06 Å². The Balaban J connectivity index is 2.18. The van der Waals surface area contributed by atoms with Crippen LogP contribution >= 0.6 is 11.8 Å². The summed E-state index contributed by atoms with van der Waals surface area (Å²) >= 11 is 1.57. The van der Waals surface area contributed by atoms with Crippen LogP contribution in [0.25, 0.3) is 0 Å².